The van der Waals surface area contributed by atoms with E-state index in [0.717, 1.165) is 33.8 Å². The van der Waals surface area contributed by atoms with Crippen LogP contribution >= 0.6 is 0 Å². The van der Waals surface area contributed by atoms with E-state index in [-0.39, 0.29) is 0 Å². The first-order valence-corrected chi connectivity index (χ1v) is 9.73. The molecule has 2 amide bonds. The van der Waals surface area contributed by atoms with Gasteiger partial charge < -0.3 is 13.7 Å². The van der Waals surface area contributed by atoms with Gasteiger partial charge in [-0.3, -0.25) is 14.9 Å². The highest BCUT2D eigenvalue weighted by atomic mass is 16.5. The van der Waals surface area contributed by atoms with Crippen molar-refractivity contribution in [2.75, 3.05) is 13.7 Å². The number of methoxy groups -OCH3 is 1. The zero-order valence-electron chi connectivity index (χ0n) is 16.7. The van der Waals surface area contributed by atoms with E-state index in [1.807, 2.05) is 54.2 Å². The Morgan fingerprint density at radius 3 is 2.50 bits per heavy atom. The summed E-state index contributed by atoms with van der Waals surface area (Å²) in [5.41, 5.74) is 4.91. The first kappa shape index (κ1) is 18.4. The number of aryl methyl sites for hydroxylation is 1. The Labute approximate surface area is 172 Å². The Kier molecular flexibility index (Phi) is 4.29. The average molecular weight is 400 g/mol. The van der Waals surface area contributed by atoms with Crippen LogP contribution in [0.15, 0.2) is 59.3 Å². The predicted octanol–water partition coefficient (Wildman–Crippen LogP) is 3.68. The summed E-state index contributed by atoms with van der Waals surface area (Å²) in [7, 11) is 3.63. The molecule has 0 spiro atoms. The number of imide groups is 1. The fourth-order valence-electron chi connectivity index (χ4n) is 4.31. The van der Waals surface area contributed by atoms with Crippen molar-refractivity contribution < 1.29 is 18.7 Å². The lowest BCUT2D eigenvalue weighted by atomic mass is 9.95. The number of amides is 2. The van der Waals surface area contributed by atoms with Gasteiger partial charge >= 0.3 is 0 Å². The fourth-order valence-corrected chi connectivity index (χ4v) is 4.31. The third-order valence-corrected chi connectivity index (χ3v) is 5.61. The SMILES string of the molecule is COCCc1cccc2c(C3=C(c4coc5ccccc45)C(=O)NC3=O)cn(C)c12. The Morgan fingerprint density at radius 1 is 0.967 bits per heavy atom. The van der Waals surface area contributed by atoms with E-state index >= 15 is 0 Å². The summed E-state index contributed by atoms with van der Waals surface area (Å²) in [5, 5.41) is 4.20. The van der Waals surface area contributed by atoms with Gasteiger partial charge in [0.25, 0.3) is 11.8 Å². The van der Waals surface area contributed by atoms with Gasteiger partial charge in [0, 0.05) is 42.3 Å². The molecule has 0 unspecified atom stereocenters. The highest BCUT2D eigenvalue weighted by molar-refractivity contribution is 6.50. The highest BCUT2D eigenvalue weighted by Crippen LogP contribution is 2.39. The summed E-state index contributed by atoms with van der Waals surface area (Å²) in [6.07, 6.45) is 4.22. The molecule has 0 atom stereocenters. The van der Waals surface area contributed by atoms with Crippen LogP contribution in [0.4, 0.5) is 0 Å². The molecule has 6 heteroatoms. The van der Waals surface area contributed by atoms with E-state index in [1.54, 1.807) is 13.4 Å². The molecule has 30 heavy (non-hydrogen) atoms. The maximum Gasteiger partial charge on any atom is 0.259 e. The smallest absolute Gasteiger partial charge is 0.259 e. The molecule has 0 aliphatic carbocycles. The summed E-state index contributed by atoms with van der Waals surface area (Å²) in [5.74, 6) is -0.802. The second-order valence-corrected chi connectivity index (χ2v) is 7.39. The van der Waals surface area contributed by atoms with Crippen molar-refractivity contribution in [3.8, 4) is 0 Å². The van der Waals surface area contributed by atoms with Crippen LogP contribution in [-0.4, -0.2) is 30.1 Å². The minimum absolute atomic E-state index is 0.347. The number of hydrogen-bond donors (Lipinski definition) is 1. The molecule has 2 aromatic carbocycles. The van der Waals surface area contributed by atoms with Gasteiger partial charge in [0.2, 0.25) is 0 Å². The monoisotopic (exact) mass is 400 g/mol. The van der Waals surface area contributed by atoms with Gasteiger partial charge in [0.1, 0.15) is 5.58 Å². The third-order valence-electron chi connectivity index (χ3n) is 5.61. The van der Waals surface area contributed by atoms with Crippen LogP contribution in [0.5, 0.6) is 0 Å². The number of carbonyl (C=O) groups is 2. The number of aromatic nitrogens is 1. The summed E-state index contributed by atoms with van der Waals surface area (Å²) in [4.78, 5) is 25.7. The molecule has 0 radical (unpaired) electrons. The van der Waals surface area contributed by atoms with E-state index in [1.165, 1.54) is 0 Å². The molecule has 5 rings (SSSR count). The zero-order chi connectivity index (χ0) is 20.8. The third kappa shape index (κ3) is 2.69. The second kappa shape index (κ2) is 7.00. The summed E-state index contributed by atoms with van der Waals surface area (Å²) in [6, 6.07) is 13.5. The number of para-hydroxylation sites is 2. The van der Waals surface area contributed by atoms with E-state index in [2.05, 4.69) is 11.4 Å². The number of carbonyl (C=O) groups excluding carboxylic acids is 2. The molecule has 0 bridgehead atoms. The molecule has 4 aromatic rings. The molecule has 1 aliphatic rings. The quantitative estimate of drug-likeness (QED) is 0.519. The van der Waals surface area contributed by atoms with Crippen molar-refractivity contribution in [3.63, 3.8) is 0 Å². The van der Waals surface area contributed by atoms with Crippen molar-refractivity contribution >= 4 is 44.8 Å². The number of nitrogens with zero attached hydrogens (tertiary/aromatic N) is 1. The number of hydrogen-bond acceptors (Lipinski definition) is 4. The topological polar surface area (TPSA) is 73.5 Å². The molecule has 150 valence electrons. The van der Waals surface area contributed by atoms with Crippen LogP contribution in [0.25, 0.3) is 33.0 Å². The van der Waals surface area contributed by atoms with Gasteiger partial charge in [-0.1, -0.05) is 36.4 Å². The fraction of sp³-hybridized carbons (Fsp3) is 0.167. The van der Waals surface area contributed by atoms with Crippen molar-refractivity contribution in [1.29, 1.82) is 0 Å². The molecule has 6 nitrogen and oxygen atoms in total. The maximum atomic E-state index is 12.9. The molecule has 0 fully saturated rings. The van der Waals surface area contributed by atoms with E-state index in [4.69, 9.17) is 9.15 Å². The molecular formula is C24H20N2O4. The van der Waals surface area contributed by atoms with Crippen LogP contribution in [0.1, 0.15) is 16.7 Å². The largest absolute Gasteiger partial charge is 0.464 e. The number of furan rings is 1. The molecule has 1 aliphatic heterocycles. The Bertz CT molecular complexity index is 1360. The first-order valence-electron chi connectivity index (χ1n) is 9.73. The van der Waals surface area contributed by atoms with Crippen molar-refractivity contribution in [1.82, 2.24) is 9.88 Å². The number of ether oxygens (including phenoxy) is 1. The predicted molar refractivity (Wildman–Crippen MR) is 115 cm³/mol. The lowest BCUT2D eigenvalue weighted by Gasteiger charge is -2.06. The van der Waals surface area contributed by atoms with Gasteiger partial charge in [-0.2, -0.15) is 0 Å². The number of nitrogens with one attached hydrogen (secondary N) is 1. The van der Waals surface area contributed by atoms with E-state index < -0.39 is 11.8 Å². The average Bonchev–Trinajstić information content (AvgIpc) is 3.39. The minimum Gasteiger partial charge on any atom is -0.464 e. The van der Waals surface area contributed by atoms with Crippen LogP contribution in [0.2, 0.25) is 0 Å². The Hall–Kier alpha value is -3.64. The molecule has 0 saturated carbocycles. The van der Waals surface area contributed by atoms with Crippen LogP contribution < -0.4 is 5.32 Å². The maximum absolute atomic E-state index is 12.9. The normalized spacial score (nSPS) is 14.3. The molecule has 2 aromatic heterocycles. The Morgan fingerprint density at radius 2 is 1.70 bits per heavy atom. The Balaban J connectivity index is 1.78. The molecule has 1 N–H and O–H groups in total. The van der Waals surface area contributed by atoms with E-state index in [0.29, 0.717) is 28.9 Å². The number of benzene rings is 2. The van der Waals surface area contributed by atoms with Crippen molar-refractivity contribution in [2.45, 2.75) is 6.42 Å². The molecule has 3 heterocycles. The zero-order valence-corrected chi connectivity index (χ0v) is 16.7. The summed E-state index contributed by atoms with van der Waals surface area (Å²) >= 11 is 0. The molecular weight excluding hydrogens is 380 g/mol. The van der Waals surface area contributed by atoms with Crippen molar-refractivity contribution in [3.05, 3.63) is 71.6 Å². The summed E-state index contributed by atoms with van der Waals surface area (Å²) in [6.45, 7) is 0.605. The van der Waals surface area contributed by atoms with Gasteiger partial charge in [-0.25, -0.2) is 0 Å². The minimum atomic E-state index is -0.408. The molecule has 0 saturated heterocycles. The van der Waals surface area contributed by atoms with Crippen molar-refractivity contribution in [2.24, 2.45) is 7.05 Å². The first-order chi connectivity index (χ1) is 14.6. The van der Waals surface area contributed by atoms with Gasteiger partial charge in [-0.05, 0) is 18.1 Å². The lowest BCUT2D eigenvalue weighted by molar-refractivity contribution is -0.122. The summed E-state index contributed by atoms with van der Waals surface area (Å²) < 4.78 is 12.9. The van der Waals surface area contributed by atoms with Gasteiger partial charge in [-0.15, -0.1) is 0 Å². The van der Waals surface area contributed by atoms with Crippen LogP contribution in [0.3, 0.4) is 0 Å². The highest BCUT2D eigenvalue weighted by Gasteiger charge is 2.35. The second-order valence-electron chi connectivity index (χ2n) is 7.39. The van der Waals surface area contributed by atoms with E-state index in [9.17, 15) is 9.59 Å². The van der Waals surface area contributed by atoms with Gasteiger partial charge in [0.05, 0.1) is 29.5 Å². The number of rotatable bonds is 5. The standard InChI is InChI=1S/C24H20N2O4/c1-26-12-17(16-8-5-6-14(22(16)26)10-11-29-2)20-21(24(28)25-23(20)27)18-13-30-19-9-4-3-7-15(18)19/h3-9,12-13H,10-11H2,1-2H3,(H,25,27,28). The lowest BCUT2D eigenvalue weighted by Crippen LogP contribution is -2.22. The van der Waals surface area contributed by atoms with Crippen LogP contribution in [-0.2, 0) is 27.8 Å². The van der Waals surface area contributed by atoms with Gasteiger partial charge in [0.15, 0.2) is 0 Å². The van der Waals surface area contributed by atoms with Crippen LogP contribution in [0, 0.1) is 0 Å². The number of fused-ring (bicyclic) bond motifs is 2.